The number of hydrogen-bond acceptors (Lipinski definition) is 3. The summed E-state index contributed by atoms with van der Waals surface area (Å²) in [4.78, 5) is 0. The van der Waals surface area contributed by atoms with E-state index in [9.17, 15) is 0 Å². The Morgan fingerprint density at radius 2 is 2.27 bits per heavy atom. The first kappa shape index (κ1) is 10.6. The van der Waals surface area contributed by atoms with Crippen LogP contribution >= 0.6 is 0 Å². The van der Waals surface area contributed by atoms with Gasteiger partial charge < -0.3 is 9.88 Å². The molecule has 0 saturated carbocycles. The van der Waals surface area contributed by atoms with Gasteiger partial charge in [-0.1, -0.05) is 6.92 Å². The van der Waals surface area contributed by atoms with Gasteiger partial charge in [0.1, 0.15) is 11.6 Å². The number of nitrogens with one attached hydrogen (secondary N) is 1. The second-order valence-corrected chi connectivity index (χ2v) is 4.33. The maximum Gasteiger partial charge on any atom is 0.147 e. The van der Waals surface area contributed by atoms with E-state index in [0.717, 1.165) is 31.8 Å². The summed E-state index contributed by atoms with van der Waals surface area (Å²) < 4.78 is 2.28. The van der Waals surface area contributed by atoms with E-state index in [1.54, 1.807) is 0 Å². The summed E-state index contributed by atoms with van der Waals surface area (Å²) in [7, 11) is 0. The molecule has 84 valence electrons. The van der Waals surface area contributed by atoms with Crippen molar-refractivity contribution in [3.63, 3.8) is 0 Å². The van der Waals surface area contributed by atoms with Crippen molar-refractivity contribution >= 4 is 0 Å². The molecule has 0 radical (unpaired) electrons. The van der Waals surface area contributed by atoms with Crippen molar-refractivity contribution in [3.8, 4) is 0 Å². The topological polar surface area (TPSA) is 42.7 Å². The molecule has 0 fully saturated rings. The molecule has 4 heteroatoms. The van der Waals surface area contributed by atoms with Crippen LogP contribution in [-0.4, -0.2) is 20.8 Å². The van der Waals surface area contributed by atoms with Crippen molar-refractivity contribution < 1.29 is 0 Å². The van der Waals surface area contributed by atoms with Gasteiger partial charge in [-0.3, -0.25) is 0 Å². The van der Waals surface area contributed by atoms with Crippen molar-refractivity contribution in [2.45, 2.75) is 58.7 Å². The lowest BCUT2D eigenvalue weighted by Crippen LogP contribution is -2.27. The molecule has 2 heterocycles. The highest BCUT2D eigenvalue weighted by Crippen LogP contribution is 2.14. The normalized spacial score (nSPS) is 17.5. The fourth-order valence-corrected chi connectivity index (χ4v) is 1.91. The first-order chi connectivity index (χ1) is 7.31. The number of fused-ring (bicyclic) bond motifs is 1. The molecule has 0 aliphatic carbocycles. The van der Waals surface area contributed by atoms with Crippen molar-refractivity contribution in [2.75, 3.05) is 0 Å². The van der Waals surface area contributed by atoms with Gasteiger partial charge in [-0.15, -0.1) is 10.2 Å². The summed E-state index contributed by atoms with van der Waals surface area (Å²) in [5.41, 5.74) is 0. The van der Waals surface area contributed by atoms with Crippen LogP contribution in [0.4, 0.5) is 0 Å². The summed E-state index contributed by atoms with van der Waals surface area (Å²) >= 11 is 0. The zero-order valence-corrected chi connectivity index (χ0v) is 9.66. The SMILES string of the molecule is CCC(C)NCc1nnc2n1CCCC2. The van der Waals surface area contributed by atoms with Crippen LogP contribution in [0, 0.1) is 0 Å². The fourth-order valence-electron chi connectivity index (χ4n) is 1.91. The largest absolute Gasteiger partial charge is 0.314 e. The van der Waals surface area contributed by atoms with Gasteiger partial charge in [-0.25, -0.2) is 0 Å². The standard InChI is InChI=1S/C11H20N4/c1-3-9(2)12-8-11-14-13-10-6-4-5-7-15(10)11/h9,12H,3-8H2,1-2H3. The third-order valence-electron chi connectivity index (χ3n) is 3.16. The summed E-state index contributed by atoms with van der Waals surface area (Å²) in [6.45, 7) is 6.34. The lowest BCUT2D eigenvalue weighted by Gasteiger charge is -2.16. The minimum Gasteiger partial charge on any atom is -0.314 e. The van der Waals surface area contributed by atoms with Gasteiger partial charge in [0.15, 0.2) is 0 Å². The molecule has 0 bridgehead atoms. The molecule has 1 aromatic rings. The molecule has 1 unspecified atom stereocenters. The van der Waals surface area contributed by atoms with Gasteiger partial charge in [0.25, 0.3) is 0 Å². The minimum atomic E-state index is 0.557. The van der Waals surface area contributed by atoms with Crippen LogP contribution in [0.25, 0.3) is 0 Å². The van der Waals surface area contributed by atoms with Crippen molar-refractivity contribution in [1.82, 2.24) is 20.1 Å². The smallest absolute Gasteiger partial charge is 0.147 e. The van der Waals surface area contributed by atoms with E-state index in [1.165, 1.54) is 18.7 Å². The Morgan fingerprint density at radius 3 is 3.07 bits per heavy atom. The molecular weight excluding hydrogens is 188 g/mol. The molecule has 1 N–H and O–H groups in total. The van der Waals surface area contributed by atoms with Crippen LogP contribution in [0.5, 0.6) is 0 Å². The van der Waals surface area contributed by atoms with Gasteiger partial charge in [0, 0.05) is 19.0 Å². The van der Waals surface area contributed by atoms with Crippen LogP contribution in [0.3, 0.4) is 0 Å². The Bertz CT molecular complexity index is 318. The van der Waals surface area contributed by atoms with Crippen LogP contribution in [0.2, 0.25) is 0 Å². The van der Waals surface area contributed by atoms with E-state index in [1.807, 2.05) is 0 Å². The quantitative estimate of drug-likeness (QED) is 0.815. The van der Waals surface area contributed by atoms with Crippen LogP contribution in [0.1, 0.15) is 44.8 Å². The van der Waals surface area contributed by atoms with E-state index >= 15 is 0 Å². The zero-order chi connectivity index (χ0) is 10.7. The van der Waals surface area contributed by atoms with E-state index in [2.05, 4.69) is 33.9 Å². The highest BCUT2D eigenvalue weighted by Gasteiger charge is 2.15. The first-order valence-electron chi connectivity index (χ1n) is 5.95. The first-order valence-corrected chi connectivity index (χ1v) is 5.95. The zero-order valence-electron chi connectivity index (χ0n) is 9.66. The molecular formula is C11H20N4. The molecule has 0 saturated heterocycles. The van der Waals surface area contributed by atoms with E-state index in [4.69, 9.17) is 0 Å². The molecule has 4 nitrogen and oxygen atoms in total. The van der Waals surface area contributed by atoms with Crippen molar-refractivity contribution in [1.29, 1.82) is 0 Å². The highest BCUT2D eigenvalue weighted by atomic mass is 15.3. The van der Waals surface area contributed by atoms with Crippen molar-refractivity contribution in [2.24, 2.45) is 0 Å². The van der Waals surface area contributed by atoms with E-state index in [-0.39, 0.29) is 0 Å². The summed E-state index contributed by atoms with van der Waals surface area (Å²) in [6.07, 6.45) is 4.77. The maximum absolute atomic E-state index is 4.25. The van der Waals surface area contributed by atoms with Crippen molar-refractivity contribution in [3.05, 3.63) is 11.6 Å². The third kappa shape index (κ3) is 2.37. The van der Waals surface area contributed by atoms with Gasteiger partial charge in [0.05, 0.1) is 6.54 Å². The molecule has 15 heavy (non-hydrogen) atoms. The Kier molecular flexibility index (Phi) is 3.36. The molecule has 0 aromatic carbocycles. The fraction of sp³-hybridized carbons (Fsp3) is 0.818. The third-order valence-corrected chi connectivity index (χ3v) is 3.16. The number of aromatic nitrogens is 3. The number of nitrogens with zero attached hydrogens (tertiary/aromatic N) is 3. The Morgan fingerprint density at radius 1 is 1.40 bits per heavy atom. The minimum absolute atomic E-state index is 0.557. The molecule has 1 aliphatic rings. The maximum atomic E-state index is 4.25. The van der Waals surface area contributed by atoms with Crippen LogP contribution < -0.4 is 5.32 Å². The second-order valence-electron chi connectivity index (χ2n) is 4.33. The van der Waals surface area contributed by atoms with E-state index < -0.39 is 0 Å². The van der Waals surface area contributed by atoms with Gasteiger partial charge in [0.2, 0.25) is 0 Å². The number of aryl methyl sites for hydroxylation is 1. The Labute approximate surface area is 91.1 Å². The molecule has 2 rings (SSSR count). The average molecular weight is 208 g/mol. The summed E-state index contributed by atoms with van der Waals surface area (Å²) in [5, 5.41) is 11.9. The second kappa shape index (κ2) is 4.75. The lowest BCUT2D eigenvalue weighted by atomic mass is 10.1. The van der Waals surface area contributed by atoms with Gasteiger partial charge in [-0.2, -0.15) is 0 Å². The average Bonchev–Trinajstić information content (AvgIpc) is 2.69. The molecule has 0 amide bonds. The Hall–Kier alpha value is -0.900. The number of hydrogen-bond donors (Lipinski definition) is 1. The lowest BCUT2D eigenvalue weighted by molar-refractivity contribution is 0.474. The summed E-state index contributed by atoms with van der Waals surface area (Å²) in [6, 6.07) is 0.557. The predicted octanol–water partition coefficient (Wildman–Crippen LogP) is 1.50. The molecule has 1 aliphatic heterocycles. The predicted molar refractivity (Wildman–Crippen MR) is 59.6 cm³/mol. The molecule has 0 spiro atoms. The van der Waals surface area contributed by atoms with Gasteiger partial charge in [-0.05, 0) is 26.2 Å². The van der Waals surface area contributed by atoms with E-state index in [0.29, 0.717) is 6.04 Å². The van der Waals surface area contributed by atoms with Gasteiger partial charge >= 0.3 is 0 Å². The number of rotatable bonds is 4. The Balaban J connectivity index is 1.99. The molecule has 1 atom stereocenters. The summed E-state index contributed by atoms with van der Waals surface area (Å²) in [5.74, 6) is 2.27. The monoisotopic (exact) mass is 208 g/mol. The van der Waals surface area contributed by atoms with Crippen LogP contribution in [-0.2, 0) is 19.5 Å². The molecule has 1 aromatic heterocycles. The highest BCUT2D eigenvalue weighted by molar-refractivity contribution is 4.98. The van der Waals surface area contributed by atoms with Crippen LogP contribution in [0.15, 0.2) is 0 Å².